The fourth-order valence-electron chi connectivity index (χ4n) is 3.49. The summed E-state index contributed by atoms with van der Waals surface area (Å²) in [4.78, 5) is 6.73. The summed E-state index contributed by atoms with van der Waals surface area (Å²) in [6, 6.07) is 17.1. The Labute approximate surface area is 191 Å². The van der Waals surface area contributed by atoms with Gasteiger partial charge in [0.25, 0.3) is 0 Å². The Morgan fingerprint density at radius 3 is 2.28 bits per heavy atom. The van der Waals surface area contributed by atoms with Crippen molar-refractivity contribution in [3.8, 4) is 0 Å². The first-order chi connectivity index (χ1) is 13.6. The summed E-state index contributed by atoms with van der Waals surface area (Å²) < 4.78 is 0. The topological polar surface area (TPSA) is 59.9 Å². The van der Waals surface area contributed by atoms with Crippen LogP contribution in [0.1, 0.15) is 35.1 Å². The summed E-state index contributed by atoms with van der Waals surface area (Å²) in [6.07, 6.45) is 1.66. The van der Waals surface area contributed by atoms with Gasteiger partial charge in [0.2, 0.25) is 0 Å². The lowest BCUT2D eigenvalue weighted by molar-refractivity contribution is 0.0792. The first kappa shape index (κ1) is 23.6. The van der Waals surface area contributed by atoms with E-state index in [1.807, 2.05) is 0 Å². The lowest BCUT2D eigenvalue weighted by Gasteiger charge is -2.29. The third-order valence-electron chi connectivity index (χ3n) is 5.38. The fourth-order valence-corrected chi connectivity index (χ4v) is 3.49. The SMILES string of the molecule is CN=C(NCc1ccc(CN2CCC(O)CC2)cc1)NCc1ccccc1C.I. The van der Waals surface area contributed by atoms with Crippen molar-refractivity contribution in [2.75, 3.05) is 20.1 Å². The molecule has 6 heteroatoms. The van der Waals surface area contributed by atoms with E-state index in [0.29, 0.717) is 0 Å². The second kappa shape index (κ2) is 12.1. The number of halogens is 1. The normalized spacial score (nSPS) is 15.6. The molecule has 1 aliphatic rings. The molecule has 5 nitrogen and oxygen atoms in total. The molecule has 1 fully saturated rings. The van der Waals surface area contributed by atoms with Gasteiger partial charge in [-0.1, -0.05) is 48.5 Å². The Balaban J connectivity index is 0.00000300. The minimum absolute atomic E-state index is 0. The van der Waals surface area contributed by atoms with Gasteiger partial charge in [-0.3, -0.25) is 9.89 Å². The fraction of sp³-hybridized carbons (Fsp3) is 0.435. The van der Waals surface area contributed by atoms with Crippen molar-refractivity contribution in [3.05, 3.63) is 70.8 Å². The average Bonchev–Trinajstić information content (AvgIpc) is 2.72. The summed E-state index contributed by atoms with van der Waals surface area (Å²) >= 11 is 0. The molecule has 3 rings (SSSR count). The van der Waals surface area contributed by atoms with Crippen LogP contribution in [-0.4, -0.2) is 42.2 Å². The molecule has 0 amide bonds. The van der Waals surface area contributed by atoms with Gasteiger partial charge in [0.1, 0.15) is 0 Å². The minimum atomic E-state index is -0.112. The van der Waals surface area contributed by atoms with Crippen molar-refractivity contribution in [2.24, 2.45) is 4.99 Å². The first-order valence-electron chi connectivity index (χ1n) is 10.1. The molecule has 0 spiro atoms. The van der Waals surface area contributed by atoms with Crippen LogP contribution >= 0.6 is 24.0 Å². The van der Waals surface area contributed by atoms with E-state index in [1.54, 1.807) is 7.05 Å². The molecular formula is C23H33IN4O. The number of likely N-dealkylation sites (tertiary alicyclic amines) is 1. The number of aryl methyl sites for hydroxylation is 1. The molecule has 0 radical (unpaired) electrons. The van der Waals surface area contributed by atoms with Crippen molar-refractivity contribution >= 4 is 29.9 Å². The van der Waals surface area contributed by atoms with Gasteiger partial charge in [-0.05, 0) is 42.0 Å². The number of aliphatic imine (C=N–C) groups is 1. The molecule has 0 aliphatic carbocycles. The van der Waals surface area contributed by atoms with Crippen LogP contribution in [0.15, 0.2) is 53.5 Å². The molecule has 0 saturated carbocycles. The quantitative estimate of drug-likeness (QED) is 0.318. The highest BCUT2D eigenvalue weighted by Gasteiger charge is 2.16. The standard InChI is InChI=1S/C23H32N4O.HI/c1-18-5-3-4-6-21(18)16-26-23(24-2)25-15-19-7-9-20(10-8-19)17-27-13-11-22(28)12-14-27;/h3-10,22,28H,11-17H2,1-2H3,(H2,24,25,26);1H. The van der Waals surface area contributed by atoms with Crippen LogP contribution < -0.4 is 10.6 Å². The van der Waals surface area contributed by atoms with Gasteiger partial charge in [-0.25, -0.2) is 0 Å². The van der Waals surface area contributed by atoms with Gasteiger partial charge < -0.3 is 15.7 Å². The Morgan fingerprint density at radius 1 is 1.00 bits per heavy atom. The smallest absolute Gasteiger partial charge is 0.191 e. The van der Waals surface area contributed by atoms with Crippen LogP contribution in [0.5, 0.6) is 0 Å². The number of hydrogen-bond acceptors (Lipinski definition) is 3. The molecule has 3 N–H and O–H groups in total. The van der Waals surface area contributed by atoms with Crippen molar-refractivity contribution in [3.63, 3.8) is 0 Å². The highest BCUT2D eigenvalue weighted by atomic mass is 127. The molecule has 29 heavy (non-hydrogen) atoms. The molecule has 158 valence electrons. The largest absolute Gasteiger partial charge is 0.393 e. The molecule has 0 unspecified atom stereocenters. The van der Waals surface area contributed by atoms with Crippen LogP contribution in [0.4, 0.5) is 0 Å². The van der Waals surface area contributed by atoms with Gasteiger partial charge in [0, 0.05) is 39.8 Å². The third-order valence-corrected chi connectivity index (χ3v) is 5.38. The predicted molar refractivity (Wildman–Crippen MR) is 131 cm³/mol. The van der Waals surface area contributed by atoms with Crippen LogP contribution in [0, 0.1) is 6.92 Å². The molecule has 1 heterocycles. The van der Waals surface area contributed by atoms with Gasteiger partial charge in [-0.15, -0.1) is 24.0 Å². The van der Waals surface area contributed by atoms with E-state index in [-0.39, 0.29) is 30.1 Å². The maximum atomic E-state index is 9.62. The lowest BCUT2D eigenvalue weighted by atomic mass is 10.1. The van der Waals surface area contributed by atoms with Crippen LogP contribution in [0.25, 0.3) is 0 Å². The van der Waals surface area contributed by atoms with Crippen LogP contribution in [-0.2, 0) is 19.6 Å². The highest BCUT2D eigenvalue weighted by Crippen LogP contribution is 2.14. The van der Waals surface area contributed by atoms with Gasteiger partial charge >= 0.3 is 0 Å². The number of hydrogen-bond donors (Lipinski definition) is 3. The zero-order chi connectivity index (χ0) is 19.8. The van der Waals surface area contributed by atoms with Gasteiger partial charge in [0.15, 0.2) is 5.96 Å². The predicted octanol–water partition coefficient (Wildman–Crippen LogP) is 3.43. The van der Waals surface area contributed by atoms with Crippen LogP contribution in [0.3, 0.4) is 0 Å². The Morgan fingerprint density at radius 2 is 1.62 bits per heavy atom. The van der Waals surface area contributed by atoms with Crippen LogP contribution in [0.2, 0.25) is 0 Å². The zero-order valence-electron chi connectivity index (χ0n) is 17.4. The van der Waals surface area contributed by atoms with Gasteiger partial charge in [-0.2, -0.15) is 0 Å². The number of aliphatic hydroxyl groups is 1. The first-order valence-corrected chi connectivity index (χ1v) is 10.1. The minimum Gasteiger partial charge on any atom is -0.393 e. The van der Waals surface area contributed by atoms with Crippen molar-refractivity contribution in [1.29, 1.82) is 0 Å². The lowest BCUT2D eigenvalue weighted by Crippen LogP contribution is -2.36. The zero-order valence-corrected chi connectivity index (χ0v) is 19.7. The van der Waals surface area contributed by atoms with E-state index in [1.165, 1.54) is 22.3 Å². The summed E-state index contributed by atoms with van der Waals surface area (Å²) in [5.74, 6) is 0.805. The van der Waals surface area contributed by atoms with E-state index in [0.717, 1.165) is 51.5 Å². The molecule has 2 aromatic carbocycles. The second-order valence-electron chi connectivity index (χ2n) is 7.53. The monoisotopic (exact) mass is 508 g/mol. The van der Waals surface area contributed by atoms with E-state index in [4.69, 9.17) is 0 Å². The Kier molecular flexibility index (Phi) is 9.90. The number of piperidine rings is 1. The molecular weight excluding hydrogens is 475 g/mol. The highest BCUT2D eigenvalue weighted by molar-refractivity contribution is 14.0. The molecule has 0 aromatic heterocycles. The Hall–Kier alpha value is -1.64. The number of guanidine groups is 1. The third kappa shape index (κ3) is 7.60. The van der Waals surface area contributed by atoms with Crippen molar-refractivity contribution in [2.45, 2.75) is 45.5 Å². The van der Waals surface area contributed by atoms with Gasteiger partial charge in [0.05, 0.1) is 6.10 Å². The summed E-state index contributed by atoms with van der Waals surface area (Å²) in [5.41, 5.74) is 5.11. The van der Waals surface area contributed by atoms with Crippen molar-refractivity contribution in [1.82, 2.24) is 15.5 Å². The van der Waals surface area contributed by atoms with E-state index < -0.39 is 0 Å². The molecule has 1 aliphatic heterocycles. The summed E-state index contributed by atoms with van der Waals surface area (Å²) in [5, 5.41) is 16.4. The number of rotatable bonds is 6. The second-order valence-corrected chi connectivity index (χ2v) is 7.53. The maximum Gasteiger partial charge on any atom is 0.191 e. The summed E-state index contributed by atoms with van der Waals surface area (Å²) in [6.45, 7) is 6.54. The molecule has 1 saturated heterocycles. The number of nitrogens with one attached hydrogen (secondary N) is 2. The van der Waals surface area contributed by atoms with Crippen molar-refractivity contribution < 1.29 is 5.11 Å². The van der Waals surface area contributed by atoms with E-state index >= 15 is 0 Å². The molecule has 0 atom stereocenters. The number of benzene rings is 2. The molecule has 2 aromatic rings. The molecule has 0 bridgehead atoms. The van der Waals surface area contributed by atoms with E-state index in [2.05, 4.69) is 76.0 Å². The number of aliphatic hydroxyl groups excluding tert-OH is 1. The summed E-state index contributed by atoms with van der Waals surface area (Å²) in [7, 11) is 1.80. The number of nitrogens with zero attached hydrogens (tertiary/aromatic N) is 2. The van der Waals surface area contributed by atoms with E-state index in [9.17, 15) is 5.11 Å². The Bertz CT molecular complexity index is 771. The average molecular weight is 508 g/mol. The maximum absolute atomic E-state index is 9.62.